The minimum absolute atomic E-state index is 0. The van der Waals surface area contributed by atoms with E-state index in [0.717, 1.165) is 19.3 Å². The number of carbonyl (C=O) groups is 1. The van der Waals surface area contributed by atoms with Gasteiger partial charge in [-0.15, -0.1) is 0 Å². The summed E-state index contributed by atoms with van der Waals surface area (Å²) in [5, 5.41) is 8.82. The van der Waals surface area contributed by atoms with Crippen LogP contribution in [-0.2, 0) is 4.79 Å². The first-order chi connectivity index (χ1) is 13.9. The van der Waals surface area contributed by atoms with Crippen LogP contribution in [0, 0.1) is 11.8 Å². The number of hydrogen-bond donors (Lipinski definition) is 3. The molecule has 0 aromatic heterocycles. The fourth-order valence-corrected chi connectivity index (χ4v) is 3.42. The standard InChI is InChI=1S/C20H40O2.C5H14N2.Ca.2H/c1-3-5-6-7-8-9-10-11-12-13-14-15-16-17-19(4-2)18-20(21)22;1-3-4(2)5(6)7;;;/h19H,3-18H2,1-2H3,(H,21,22);4-5H,3,6-7H2,1-2H3;;;. The zero-order valence-corrected chi connectivity index (χ0v) is 20.3. The third-order valence-electron chi connectivity index (χ3n) is 6.06. The van der Waals surface area contributed by atoms with Gasteiger partial charge in [0, 0.05) is 6.42 Å². The molecule has 0 bridgehead atoms. The molecule has 0 heterocycles. The zero-order valence-electron chi connectivity index (χ0n) is 20.3. The van der Waals surface area contributed by atoms with E-state index in [-0.39, 0.29) is 43.9 Å². The Morgan fingerprint density at radius 2 is 1.13 bits per heavy atom. The van der Waals surface area contributed by atoms with Crippen molar-refractivity contribution < 1.29 is 9.90 Å². The van der Waals surface area contributed by atoms with E-state index in [1.807, 2.05) is 6.92 Å². The van der Waals surface area contributed by atoms with E-state index in [9.17, 15) is 4.79 Å². The van der Waals surface area contributed by atoms with E-state index in [1.54, 1.807) is 0 Å². The predicted molar refractivity (Wildman–Crippen MR) is 137 cm³/mol. The Morgan fingerprint density at radius 1 is 0.733 bits per heavy atom. The first-order valence-corrected chi connectivity index (χ1v) is 12.6. The second kappa shape index (κ2) is 27.7. The molecule has 0 fully saturated rings. The maximum atomic E-state index is 10.7. The van der Waals surface area contributed by atoms with Gasteiger partial charge in [-0.3, -0.25) is 4.79 Å². The van der Waals surface area contributed by atoms with E-state index in [4.69, 9.17) is 16.6 Å². The van der Waals surface area contributed by atoms with Crippen LogP contribution in [0.5, 0.6) is 0 Å². The number of nitrogens with two attached hydrogens (primary N) is 2. The molecule has 0 saturated heterocycles. The Kier molecular flexibility index (Phi) is 32.5. The molecule has 0 rings (SSSR count). The minimum atomic E-state index is -0.637. The van der Waals surface area contributed by atoms with E-state index < -0.39 is 5.97 Å². The van der Waals surface area contributed by atoms with Crippen molar-refractivity contribution in [3.63, 3.8) is 0 Å². The summed E-state index contributed by atoms with van der Waals surface area (Å²) in [6, 6.07) is 0. The molecule has 0 aliphatic rings. The van der Waals surface area contributed by atoms with Gasteiger partial charge in [-0.1, -0.05) is 124 Å². The summed E-state index contributed by atoms with van der Waals surface area (Å²) in [6.45, 7) is 8.51. The van der Waals surface area contributed by atoms with Gasteiger partial charge < -0.3 is 16.6 Å². The summed E-state index contributed by atoms with van der Waals surface area (Å²) in [5.74, 6) is 0.215. The van der Waals surface area contributed by atoms with Gasteiger partial charge in [0.15, 0.2) is 0 Å². The quantitative estimate of drug-likeness (QED) is 0.120. The fourth-order valence-electron chi connectivity index (χ4n) is 3.42. The normalized spacial score (nSPS) is 12.6. The number of aliphatic carboxylic acids is 1. The van der Waals surface area contributed by atoms with Gasteiger partial charge in [0.05, 0.1) is 6.17 Å². The summed E-state index contributed by atoms with van der Waals surface area (Å²) < 4.78 is 0. The molecule has 180 valence electrons. The van der Waals surface area contributed by atoms with Gasteiger partial charge in [0.2, 0.25) is 0 Å². The topological polar surface area (TPSA) is 89.3 Å². The molecule has 5 heteroatoms. The molecule has 0 amide bonds. The van der Waals surface area contributed by atoms with Crippen molar-refractivity contribution in [3.05, 3.63) is 0 Å². The van der Waals surface area contributed by atoms with Crippen LogP contribution in [0.2, 0.25) is 0 Å². The van der Waals surface area contributed by atoms with Crippen molar-refractivity contribution in [3.8, 4) is 0 Å². The van der Waals surface area contributed by atoms with Gasteiger partial charge in [-0.25, -0.2) is 0 Å². The van der Waals surface area contributed by atoms with Crippen molar-refractivity contribution in [1.82, 2.24) is 0 Å². The average molecular weight is 457 g/mol. The van der Waals surface area contributed by atoms with Gasteiger partial charge in [0.1, 0.15) is 0 Å². The molecule has 0 spiro atoms. The Morgan fingerprint density at radius 3 is 1.40 bits per heavy atom. The molecule has 0 aromatic carbocycles. The molecule has 0 aromatic rings. The maximum absolute atomic E-state index is 10.7. The van der Waals surface area contributed by atoms with Crippen LogP contribution >= 0.6 is 0 Å². The van der Waals surface area contributed by atoms with Gasteiger partial charge >= 0.3 is 43.7 Å². The number of rotatable bonds is 19. The molecule has 2 atom stereocenters. The van der Waals surface area contributed by atoms with Crippen molar-refractivity contribution in [2.45, 2.75) is 143 Å². The first-order valence-electron chi connectivity index (χ1n) is 12.6. The van der Waals surface area contributed by atoms with Crippen LogP contribution in [-0.4, -0.2) is 55.0 Å². The second-order valence-corrected chi connectivity index (χ2v) is 8.87. The summed E-state index contributed by atoms with van der Waals surface area (Å²) in [6.07, 6.45) is 21.3. The van der Waals surface area contributed by atoms with Crippen molar-refractivity contribution in [1.29, 1.82) is 0 Å². The van der Waals surface area contributed by atoms with Crippen LogP contribution in [0.1, 0.15) is 137 Å². The number of carboxylic acid groups (broad SMARTS) is 1. The van der Waals surface area contributed by atoms with Crippen molar-refractivity contribution in [2.24, 2.45) is 23.3 Å². The first kappa shape index (κ1) is 35.2. The molecule has 0 radical (unpaired) electrons. The van der Waals surface area contributed by atoms with Gasteiger partial charge in [-0.05, 0) is 18.3 Å². The van der Waals surface area contributed by atoms with Crippen LogP contribution in [0.25, 0.3) is 0 Å². The fraction of sp³-hybridized carbons (Fsp3) is 0.960. The Hall–Kier alpha value is 0.650. The van der Waals surface area contributed by atoms with E-state index in [2.05, 4.69) is 20.8 Å². The van der Waals surface area contributed by atoms with Gasteiger partial charge in [-0.2, -0.15) is 0 Å². The molecular weight excluding hydrogens is 400 g/mol. The monoisotopic (exact) mass is 456 g/mol. The molecule has 2 unspecified atom stereocenters. The molecule has 0 aliphatic carbocycles. The van der Waals surface area contributed by atoms with Crippen LogP contribution in [0.4, 0.5) is 0 Å². The molecule has 0 saturated carbocycles. The summed E-state index contributed by atoms with van der Waals surface area (Å²) >= 11 is 0. The Labute approximate surface area is 218 Å². The summed E-state index contributed by atoms with van der Waals surface area (Å²) in [5.41, 5.74) is 10.6. The van der Waals surface area contributed by atoms with Crippen LogP contribution in [0.3, 0.4) is 0 Å². The Bertz CT molecular complexity index is 341. The number of hydrogen-bond acceptors (Lipinski definition) is 3. The molecular formula is C25H56CaN2O2. The van der Waals surface area contributed by atoms with Gasteiger partial charge in [0.25, 0.3) is 0 Å². The molecule has 5 N–H and O–H groups in total. The summed E-state index contributed by atoms with van der Waals surface area (Å²) in [4.78, 5) is 10.7. The van der Waals surface area contributed by atoms with Crippen LogP contribution < -0.4 is 11.5 Å². The van der Waals surface area contributed by atoms with E-state index in [1.165, 1.54) is 83.5 Å². The third-order valence-corrected chi connectivity index (χ3v) is 6.06. The van der Waals surface area contributed by atoms with E-state index in [0.29, 0.717) is 18.3 Å². The van der Waals surface area contributed by atoms with Crippen molar-refractivity contribution in [2.75, 3.05) is 0 Å². The second-order valence-electron chi connectivity index (χ2n) is 8.87. The molecule has 30 heavy (non-hydrogen) atoms. The molecule has 0 aliphatic heterocycles. The van der Waals surface area contributed by atoms with Crippen molar-refractivity contribution >= 4 is 43.7 Å². The number of carboxylic acids is 1. The SMILES string of the molecule is CCC(C)C(N)N.CCCCCCCCCCCCCCCC(CC)CC(=O)O.[CaH2]. The third kappa shape index (κ3) is 28.6. The summed E-state index contributed by atoms with van der Waals surface area (Å²) in [7, 11) is 0. The Balaban J connectivity index is -0.000000779. The molecule has 4 nitrogen and oxygen atoms in total. The average Bonchev–Trinajstić information content (AvgIpc) is 2.69. The predicted octanol–water partition coefficient (Wildman–Crippen LogP) is 6.33. The van der Waals surface area contributed by atoms with Crippen LogP contribution in [0.15, 0.2) is 0 Å². The number of unbranched alkanes of at least 4 members (excludes halogenated alkanes) is 12. The zero-order chi connectivity index (χ0) is 22.3. The van der Waals surface area contributed by atoms with E-state index >= 15 is 0 Å².